The molecule has 0 aliphatic heterocycles. The van der Waals surface area contributed by atoms with Gasteiger partial charge in [0.05, 0.1) is 0 Å². The van der Waals surface area contributed by atoms with Crippen LogP contribution in [0.2, 0.25) is 0 Å². The summed E-state index contributed by atoms with van der Waals surface area (Å²) in [5.74, 6) is 1.43. The predicted octanol–water partition coefficient (Wildman–Crippen LogP) is 9.16. The Morgan fingerprint density at radius 1 is 0.676 bits per heavy atom. The van der Waals surface area contributed by atoms with Crippen molar-refractivity contribution >= 4 is 5.78 Å². The number of benzene rings is 2. The van der Waals surface area contributed by atoms with Crippen molar-refractivity contribution in [2.24, 2.45) is 11.8 Å². The number of ether oxygens (including phenoxy) is 2. The molecule has 2 aromatic carbocycles. The van der Waals surface area contributed by atoms with Crippen molar-refractivity contribution in [3.8, 4) is 0 Å². The standard InChI is InChI=1S/C34H48O3/c1-5-7-25-9-13-27(14-10-25)29-17-19-31(20-18-29)33(35)34(36-3,37-4)32-23-21-30(22-24-32)28-15-11-26(8-6-2)12-16-28/h17-28H,5-16H2,1-4H3. The van der Waals surface area contributed by atoms with E-state index in [0.29, 0.717) is 17.4 Å². The molecule has 2 aliphatic rings. The molecule has 0 atom stereocenters. The molecule has 3 heteroatoms. The molecule has 202 valence electrons. The van der Waals surface area contributed by atoms with Gasteiger partial charge in [-0.2, -0.15) is 0 Å². The molecule has 0 spiro atoms. The van der Waals surface area contributed by atoms with Gasteiger partial charge in [-0.1, -0.05) is 88.1 Å². The number of hydrogen-bond donors (Lipinski definition) is 0. The first-order valence-electron chi connectivity index (χ1n) is 14.9. The third-order valence-electron chi connectivity index (χ3n) is 9.37. The second-order valence-electron chi connectivity index (χ2n) is 11.6. The molecular formula is C34H48O3. The molecule has 2 fully saturated rings. The molecule has 37 heavy (non-hydrogen) atoms. The van der Waals surface area contributed by atoms with Gasteiger partial charge in [-0.25, -0.2) is 0 Å². The van der Waals surface area contributed by atoms with Gasteiger partial charge in [-0.3, -0.25) is 4.79 Å². The van der Waals surface area contributed by atoms with Gasteiger partial charge in [0, 0.05) is 25.3 Å². The first-order valence-corrected chi connectivity index (χ1v) is 14.9. The van der Waals surface area contributed by atoms with E-state index >= 15 is 0 Å². The van der Waals surface area contributed by atoms with Crippen molar-refractivity contribution in [2.45, 2.75) is 109 Å². The zero-order chi connectivity index (χ0) is 26.3. The molecule has 0 N–H and O–H groups in total. The molecule has 0 bridgehead atoms. The van der Waals surface area contributed by atoms with Gasteiger partial charge in [-0.15, -0.1) is 0 Å². The first kappa shape index (κ1) is 28.0. The smallest absolute Gasteiger partial charge is 0.260 e. The maximum atomic E-state index is 13.8. The maximum absolute atomic E-state index is 13.8. The van der Waals surface area contributed by atoms with Crippen LogP contribution in [0.15, 0.2) is 48.5 Å². The van der Waals surface area contributed by atoms with E-state index in [9.17, 15) is 4.79 Å². The van der Waals surface area contributed by atoms with Crippen LogP contribution in [0.3, 0.4) is 0 Å². The van der Waals surface area contributed by atoms with Crippen LogP contribution in [0.4, 0.5) is 0 Å². The summed E-state index contributed by atoms with van der Waals surface area (Å²) in [5, 5.41) is 0. The Balaban J connectivity index is 1.44. The largest absolute Gasteiger partial charge is 0.343 e. The highest BCUT2D eigenvalue weighted by Gasteiger charge is 2.42. The lowest BCUT2D eigenvalue weighted by molar-refractivity contribution is -0.176. The molecule has 2 aromatic rings. The minimum absolute atomic E-state index is 0.150. The fourth-order valence-corrected chi connectivity index (χ4v) is 7.09. The fourth-order valence-electron chi connectivity index (χ4n) is 7.09. The Morgan fingerprint density at radius 3 is 1.46 bits per heavy atom. The molecular weight excluding hydrogens is 456 g/mol. The first-order chi connectivity index (χ1) is 18.0. The highest BCUT2D eigenvalue weighted by Crippen LogP contribution is 2.40. The monoisotopic (exact) mass is 504 g/mol. The molecule has 0 saturated heterocycles. The second-order valence-corrected chi connectivity index (χ2v) is 11.6. The minimum Gasteiger partial charge on any atom is -0.343 e. The topological polar surface area (TPSA) is 35.5 Å². The maximum Gasteiger partial charge on any atom is 0.260 e. The number of hydrogen-bond acceptors (Lipinski definition) is 3. The van der Waals surface area contributed by atoms with Gasteiger partial charge in [0.1, 0.15) is 0 Å². The molecule has 0 aromatic heterocycles. The third-order valence-corrected chi connectivity index (χ3v) is 9.37. The van der Waals surface area contributed by atoms with Gasteiger partial charge in [0.15, 0.2) is 0 Å². The van der Waals surface area contributed by atoms with Crippen LogP contribution >= 0.6 is 0 Å². The Labute approximate surface area is 225 Å². The van der Waals surface area contributed by atoms with E-state index in [2.05, 4.69) is 38.1 Å². The highest BCUT2D eigenvalue weighted by molar-refractivity contribution is 6.02. The highest BCUT2D eigenvalue weighted by atomic mass is 16.7. The van der Waals surface area contributed by atoms with Crippen LogP contribution in [0.5, 0.6) is 0 Å². The SMILES string of the molecule is CCCC1CCC(c2ccc(C(=O)C(OC)(OC)c3ccc(C4CCC(CCC)CC4)cc3)cc2)CC1. The normalized spacial score (nSPS) is 24.6. The average molecular weight is 505 g/mol. The zero-order valence-corrected chi connectivity index (χ0v) is 23.6. The van der Waals surface area contributed by atoms with Crippen molar-refractivity contribution in [1.29, 1.82) is 0 Å². The van der Waals surface area contributed by atoms with E-state index in [1.807, 2.05) is 24.3 Å². The van der Waals surface area contributed by atoms with Crippen molar-refractivity contribution in [1.82, 2.24) is 0 Å². The van der Waals surface area contributed by atoms with Crippen molar-refractivity contribution in [2.75, 3.05) is 14.2 Å². The van der Waals surface area contributed by atoms with Gasteiger partial charge in [-0.05, 0) is 86.2 Å². The minimum atomic E-state index is -1.43. The lowest BCUT2D eigenvalue weighted by Crippen LogP contribution is -2.40. The summed E-state index contributed by atoms with van der Waals surface area (Å²) in [5.41, 5.74) is 4.10. The number of carbonyl (C=O) groups is 1. The molecule has 2 saturated carbocycles. The molecule has 0 radical (unpaired) electrons. The number of carbonyl (C=O) groups excluding carboxylic acids is 1. The summed E-state index contributed by atoms with van der Waals surface area (Å²) in [6.07, 6.45) is 15.6. The summed E-state index contributed by atoms with van der Waals surface area (Å²) in [7, 11) is 3.13. The van der Waals surface area contributed by atoms with Crippen LogP contribution in [0.1, 0.15) is 130 Å². The lowest BCUT2D eigenvalue weighted by atomic mass is 9.77. The van der Waals surface area contributed by atoms with E-state index in [4.69, 9.17) is 9.47 Å². The van der Waals surface area contributed by atoms with Crippen LogP contribution in [-0.2, 0) is 15.3 Å². The quantitative estimate of drug-likeness (QED) is 0.226. The van der Waals surface area contributed by atoms with E-state index in [1.54, 1.807) is 14.2 Å². The van der Waals surface area contributed by atoms with Gasteiger partial charge < -0.3 is 9.47 Å². The van der Waals surface area contributed by atoms with Crippen LogP contribution < -0.4 is 0 Å². The Morgan fingerprint density at radius 2 is 1.08 bits per heavy atom. The van der Waals surface area contributed by atoms with E-state index in [0.717, 1.165) is 17.4 Å². The third kappa shape index (κ3) is 6.37. The number of rotatable bonds is 11. The summed E-state index contributed by atoms with van der Waals surface area (Å²) in [6, 6.07) is 16.6. The molecule has 3 nitrogen and oxygen atoms in total. The summed E-state index contributed by atoms with van der Waals surface area (Å²) >= 11 is 0. The van der Waals surface area contributed by atoms with Gasteiger partial charge in [0.25, 0.3) is 5.79 Å². The van der Waals surface area contributed by atoms with Crippen molar-refractivity contribution in [3.63, 3.8) is 0 Å². The average Bonchev–Trinajstić information content (AvgIpc) is 2.96. The molecule has 0 heterocycles. The van der Waals surface area contributed by atoms with E-state index in [1.165, 1.54) is 88.2 Å². The summed E-state index contributed by atoms with van der Waals surface area (Å²) < 4.78 is 11.7. The summed E-state index contributed by atoms with van der Waals surface area (Å²) in [4.78, 5) is 13.8. The number of Topliss-reactive ketones (excluding diaryl/α,β-unsaturated/α-hetero) is 1. The Hall–Kier alpha value is -1.97. The van der Waals surface area contributed by atoms with Crippen molar-refractivity contribution < 1.29 is 14.3 Å². The van der Waals surface area contributed by atoms with Crippen LogP contribution in [0.25, 0.3) is 0 Å². The van der Waals surface area contributed by atoms with Crippen molar-refractivity contribution in [3.05, 3.63) is 70.8 Å². The Kier molecular flexibility index (Phi) is 10.0. The van der Waals surface area contributed by atoms with Crippen LogP contribution in [-0.4, -0.2) is 20.0 Å². The zero-order valence-electron chi connectivity index (χ0n) is 23.6. The van der Waals surface area contributed by atoms with E-state index < -0.39 is 5.79 Å². The number of ketones is 1. The summed E-state index contributed by atoms with van der Waals surface area (Å²) in [6.45, 7) is 4.58. The van der Waals surface area contributed by atoms with E-state index in [-0.39, 0.29) is 5.78 Å². The van der Waals surface area contributed by atoms with Gasteiger partial charge in [0.2, 0.25) is 5.78 Å². The fraction of sp³-hybridized carbons (Fsp3) is 0.618. The molecule has 0 amide bonds. The second kappa shape index (κ2) is 13.2. The lowest BCUT2D eigenvalue weighted by Gasteiger charge is -2.31. The Bertz CT molecular complexity index is 957. The molecule has 0 unspecified atom stereocenters. The molecule has 4 rings (SSSR count). The number of methoxy groups -OCH3 is 2. The predicted molar refractivity (Wildman–Crippen MR) is 152 cm³/mol. The van der Waals surface area contributed by atoms with Crippen LogP contribution in [0, 0.1) is 11.8 Å². The molecule has 2 aliphatic carbocycles. The van der Waals surface area contributed by atoms with Gasteiger partial charge >= 0.3 is 0 Å².